The normalized spacial score (nSPS) is 25.2. The van der Waals surface area contributed by atoms with E-state index in [-0.39, 0.29) is 28.6 Å². The Morgan fingerprint density at radius 1 is 1.50 bits per heavy atom. The standard InChI is InChI=1S/C13H14ClN3O3/c14-8-3-4-10(16-11(8)13(19)20)17-5-1-2-7-9(17)6-15-12(7)18/h3-4,7,9H,1-2,5-6H2,(H,15,18)(H,19,20). The van der Waals surface area contributed by atoms with Crippen LogP contribution in [0.5, 0.6) is 0 Å². The van der Waals surface area contributed by atoms with Gasteiger partial charge in [0.2, 0.25) is 5.91 Å². The van der Waals surface area contributed by atoms with Crippen molar-refractivity contribution >= 4 is 29.3 Å². The van der Waals surface area contributed by atoms with Crippen molar-refractivity contribution in [2.24, 2.45) is 5.92 Å². The molecule has 6 nitrogen and oxygen atoms in total. The SMILES string of the molecule is O=C(O)c1nc(N2CCCC3C(=O)NCC32)ccc1Cl. The lowest BCUT2D eigenvalue weighted by atomic mass is 9.91. The van der Waals surface area contributed by atoms with Gasteiger partial charge in [0, 0.05) is 13.1 Å². The molecule has 1 amide bonds. The maximum atomic E-state index is 11.7. The minimum atomic E-state index is -1.15. The van der Waals surface area contributed by atoms with Gasteiger partial charge in [0.1, 0.15) is 5.82 Å². The maximum absolute atomic E-state index is 11.7. The summed E-state index contributed by atoms with van der Waals surface area (Å²) >= 11 is 5.84. The van der Waals surface area contributed by atoms with Crippen molar-refractivity contribution in [2.75, 3.05) is 18.0 Å². The van der Waals surface area contributed by atoms with Gasteiger partial charge in [-0.05, 0) is 25.0 Å². The van der Waals surface area contributed by atoms with Crippen molar-refractivity contribution < 1.29 is 14.7 Å². The molecule has 106 valence electrons. The molecule has 1 aromatic heterocycles. The number of hydrogen-bond acceptors (Lipinski definition) is 4. The molecule has 2 aliphatic heterocycles. The van der Waals surface area contributed by atoms with Gasteiger partial charge >= 0.3 is 5.97 Å². The Bertz CT molecular complexity index is 578. The zero-order valence-electron chi connectivity index (χ0n) is 10.7. The first kappa shape index (κ1) is 13.2. The second-order valence-electron chi connectivity index (χ2n) is 5.06. The van der Waals surface area contributed by atoms with Gasteiger partial charge in [0.25, 0.3) is 0 Å². The fourth-order valence-corrected chi connectivity index (χ4v) is 3.16. The molecule has 0 aromatic carbocycles. The molecule has 1 aromatic rings. The second-order valence-corrected chi connectivity index (χ2v) is 5.47. The number of aromatic carboxylic acids is 1. The summed E-state index contributed by atoms with van der Waals surface area (Å²) in [5.74, 6) is -0.536. The average Bonchev–Trinajstić information content (AvgIpc) is 2.81. The van der Waals surface area contributed by atoms with E-state index < -0.39 is 5.97 Å². The van der Waals surface area contributed by atoms with E-state index in [9.17, 15) is 9.59 Å². The van der Waals surface area contributed by atoms with Crippen molar-refractivity contribution in [1.29, 1.82) is 0 Å². The number of amides is 1. The first-order chi connectivity index (χ1) is 9.58. The van der Waals surface area contributed by atoms with Crippen molar-refractivity contribution in [3.05, 3.63) is 22.8 Å². The monoisotopic (exact) mass is 295 g/mol. The molecule has 0 bridgehead atoms. The Labute approximate surface area is 120 Å². The van der Waals surface area contributed by atoms with Gasteiger partial charge in [-0.15, -0.1) is 0 Å². The lowest BCUT2D eigenvalue weighted by molar-refractivity contribution is -0.123. The number of anilines is 1. The summed E-state index contributed by atoms with van der Waals surface area (Å²) in [6, 6.07) is 3.30. The molecule has 20 heavy (non-hydrogen) atoms. The van der Waals surface area contributed by atoms with Crippen molar-refractivity contribution in [3.63, 3.8) is 0 Å². The van der Waals surface area contributed by atoms with E-state index in [0.717, 1.165) is 19.4 Å². The average molecular weight is 296 g/mol. The van der Waals surface area contributed by atoms with Crippen LogP contribution in [0.15, 0.2) is 12.1 Å². The topological polar surface area (TPSA) is 82.5 Å². The molecule has 0 radical (unpaired) electrons. The van der Waals surface area contributed by atoms with Gasteiger partial charge in [0.05, 0.1) is 17.0 Å². The predicted octanol–water partition coefficient (Wildman–Crippen LogP) is 1.15. The molecular formula is C13H14ClN3O3. The van der Waals surface area contributed by atoms with Gasteiger partial charge in [-0.1, -0.05) is 11.6 Å². The molecule has 0 spiro atoms. The zero-order valence-corrected chi connectivity index (χ0v) is 11.4. The van der Waals surface area contributed by atoms with Crippen molar-refractivity contribution in [1.82, 2.24) is 10.3 Å². The largest absolute Gasteiger partial charge is 0.476 e. The van der Waals surface area contributed by atoms with Crippen LogP contribution in [0.4, 0.5) is 5.82 Å². The first-order valence-electron chi connectivity index (χ1n) is 6.52. The number of halogens is 1. The minimum Gasteiger partial charge on any atom is -0.476 e. The Morgan fingerprint density at radius 2 is 2.30 bits per heavy atom. The van der Waals surface area contributed by atoms with Gasteiger partial charge in [-0.2, -0.15) is 0 Å². The number of aromatic nitrogens is 1. The van der Waals surface area contributed by atoms with E-state index in [4.69, 9.17) is 16.7 Å². The number of carbonyl (C=O) groups is 2. The molecule has 3 heterocycles. The molecule has 7 heteroatoms. The third-order valence-electron chi connectivity index (χ3n) is 3.93. The van der Waals surface area contributed by atoms with Gasteiger partial charge in [0.15, 0.2) is 5.69 Å². The van der Waals surface area contributed by atoms with E-state index >= 15 is 0 Å². The fourth-order valence-electron chi connectivity index (χ4n) is 2.98. The third kappa shape index (κ3) is 2.10. The van der Waals surface area contributed by atoms with E-state index in [2.05, 4.69) is 10.3 Å². The van der Waals surface area contributed by atoms with Crippen LogP contribution < -0.4 is 10.2 Å². The number of carboxylic acids is 1. The van der Waals surface area contributed by atoms with Crippen molar-refractivity contribution in [2.45, 2.75) is 18.9 Å². The van der Waals surface area contributed by atoms with E-state index in [1.807, 2.05) is 4.90 Å². The highest BCUT2D eigenvalue weighted by Gasteiger charge is 2.41. The summed E-state index contributed by atoms with van der Waals surface area (Å²) < 4.78 is 0. The van der Waals surface area contributed by atoms with Gasteiger partial charge < -0.3 is 15.3 Å². The van der Waals surface area contributed by atoms with Crippen LogP contribution in [-0.4, -0.2) is 41.1 Å². The van der Waals surface area contributed by atoms with Crippen LogP contribution in [0.2, 0.25) is 5.02 Å². The highest BCUT2D eigenvalue weighted by molar-refractivity contribution is 6.33. The Kier molecular flexibility index (Phi) is 3.25. The number of piperidine rings is 1. The molecule has 0 aliphatic carbocycles. The molecule has 2 N–H and O–H groups in total. The molecular weight excluding hydrogens is 282 g/mol. The number of carbonyl (C=O) groups excluding carboxylic acids is 1. The Morgan fingerprint density at radius 3 is 3.05 bits per heavy atom. The van der Waals surface area contributed by atoms with E-state index in [1.165, 1.54) is 0 Å². The summed E-state index contributed by atoms with van der Waals surface area (Å²) in [5, 5.41) is 12.1. The van der Waals surface area contributed by atoms with Crippen molar-refractivity contribution in [3.8, 4) is 0 Å². The number of rotatable bonds is 2. The zero-order chi connectivity index (χ0) is 14.3. The summed E-state index contributed by atoms with van der Waals surface area (Å²) in [7, 11) is 0. The molecule has 2 saturated heterocycles. The highest BCUT2D eigenvalue weighted by atomic mass is 35.5. The lowest BCUT2D eigenvalue weighted by Crippen LogP contribution is -2.46. The molecule has 2 fully saturated rings. The summed E-state index contributed by atoms with van der Waals surface area (Å²) in [6.07, 6.45) is 1.76. The quantitative estimate of drug-likeness (QED) is 0.855. The van der Waals surface area contributed by atoms with Gasteiger partial charge in [-0.3, -0.25) is 4.79 Å². The molecule has 2 atom stereocenters. The first-order valence-corrected chi connectivity index (χ1v) is 6.90. The van der Waals surface area contributed by atoms with Crippen LogP contribution >= 0.6 is 11.6 Å². The molecule has 0 saturated carbocycles. The van der Waals surface area contributed by atoms with Crippen LogP contribution in [0.1, 0.15) is 23.3 Å². The smallest absolute Gasteiger partial charge is 0.356 e. The summed E-state index contributed by atoms with van der Waals surface area (Å²) in [4.78, 5) is 29.0. The molecule has 2 aliphatic rings. The minimum absolute atomic E-state index is 0.0329. The maximum Gasteiger partial charge on any atom is 0.356 e. The molecule has 2 unspecified atom stereocenters. The van der Waals surface area contributed by atoms with Crippen LogP contribution in [0.25, 0.3) is 0 Å². The highest BCUT2D eigenvalue weighted by Crippen LogP contribution is 2.31. The second kappa shape index (κ2) is 4.94. The van der Waals surface area contributed by atoms with Gasteiger partial charge in [-0.25, -0.2) is 9.78 Å². The number of nitrogens with zero attached hydrogens (tertiary/aromatic N) is 2. The Hall–Kier alpha value is -1.82. The lowest BCUT2D eigenvalue weighted by Gasteiger charge is -2.36. The van der Waals surface area contributed by atoms with Crippen LogP contribution in [0, 0.1) is 5.92 Å². The number of pyridine rings is 1. The van der Waals surface area contributed by atoms with Crippen LogP contribution in [0.3, 0.4) is 0 Å². The number of hydrogen-bond donors (Lipinski definition) is 2. The summed E-state index contributed by atoms with van der Waals surface area (Å²) in [6.45, 7) is 1.35. The number of nitrogens with one attached hydrogen (secondary N) is 1. The third-order valence-corrected chi connectivity index (χ3v) is 4.23. The van der Waals surface area contributed by atoms with Crippen LogP contribution in [-0.2, 0) is 4.79 Å². The van der Waals surface area contributed by atoms with E-state index in [0.29, 0.717) is 12.4 Å². The molecule has 3 rings (SSSR count). The van der Waals surface area contributed by atoms with E-state index in [1.54, 1.807) is 12.1 Å². The number of carboxylic acid groups (broad SMARTS) is 1. The fraction of sp³-hybridized carbons (Fsp3) is 0.462. The summed E-state index contributed by atoms with van der Waals surface area (Å²) in [5.41, 5.74) is -0.149. The predicted molar refractivity (Wildman–Crippen MR) is 73.1 cm³/mol. The Balaban J connectivity index is 1.94. The number of fused-ring (bicyclic) bond motifs is 1.